The summed E-state index contributed by atoms with van der Waals surface area (Å²) < 4.78 is 19.1. The number of nitrogens with zero attached hydrogens (tertiary/aromatic N) is 1. The molecular formula is C26H28FN3O3. The molecule has 6 nitrogen and oxygen atoms in total. The lowest BCUT2D eigenvalue weighted by molar-refractivity contribution is -0.126. The summed E-state index contributed by atoms with van der Waals surface area (Å²) in [5.41, 5.74) is 2.48. The van der Waals surface area contributed by atoms with E-state index >= 15 is 0 Å². The van der Waals surface area contributed by atoms with Crippen molar-refractivity contribution in [2.75, 3.05) is 13.1 Å². The SMILES string of the molecule is Cc1cc(C2CC(C(=O)NCc3ccco3)CN(C(=O)NCc3ccccc3)C2)ccc1F. The third-order valence-electron chi connectivity index (χ3n) is 6.07. The number of piperidine rings is 1. The Hall–Kier alpha value is -3.61. The predicted octanol–water partition coefficient (Wildman–Crippen LogP) is 4.36. The molecule has 1 aliphatic heterocycles. The number of carbonyl (C=O) groups is 2. The van der Waals surface area contributed by atoms with Gasteiger partial charge in [0.15, 0.2) is 0 Å². The summed E-state index contributed by atoms with van der Waals surface area (Å²) in [5, 5.41) is 5.87. The zero-order chi connectivity index (χ0) is 23.2. The maximum Gasteiger partial charge on any atom is 0.317 e. The van der Waals surface area contributed by atoms with Crippen LogP contribution >= 0.6 is 0 Å². The van der Waals surface area contributed by atoms with E-state index in [9.17, 15) is 14.0 Å². The van der Waals surface area contributed by atoms with Crippen LogP contribution < -0.4 is 10.6 Å². The predicted molar refractivity (Wildman–Crippen MR) is 123 cm³/mol. The first-order valence-corrected chi connectivity index (χ1v) is 11.1. The van der Waals surface area contributed by atoms with Crippen LogP contribution in [0.1, 0.15) is 34.8 Å². The first kappa shape index (κ1) is 22.6. The van der Waals surface area contributed by atoms with Crippen LogP contribution in [-0.4, -0.2) is 29.9 Å². The van der Waals surface area contributed by atoms with E-state index in [-0.39, 0.29) is 29.6 Å². The Labute approximate surface area is 192 Å². The van der Waals surface area contributed by atoms with Crippen LogP contribution in [0.2, 0.25) is 0 Å². The highest BCUT2D eigenvalue weighted by Gasteiger charge is 2.34. The summed E-state index contributed by atoms with van der Waals surface area (Å²) in [6, 6.07) is 18.0. The molecule has 1 fully saturated rings. The molecule has 2 atom stereocenters. The van der Waals surface area contributed by atoms with Gasteiger partial charge < -0.3 is 20.0 Å². The molecule has 172 valence electrons. The normalized spacial score (nSPS) is 18.1. The van der Waals surface area contributed by atoms with E-state index in [1.54, 1.807) is 36.3 Å². The number of likely N-dealkylation sites (tertiary alicyclic amines) is 1. The summed E-state index contributed by atoms with van der Waals surface area (Å²) >= 11 is 0. The first-order valence-electron chi connectivity index (χ1n) is 11.1. The molecule has 3 aromatic rings. The molecule has 4 rings (SSSR count). The molecule has 2 heterocycles. The Morgan fingerprint density at radius 3 is 2.58 bits per heavy atom. The third-order valence-corrected chi connectivity index (χ3v) is 6.07. The minimum absolute atomic E-state index is 0.0695. The molecule has 1 aromatic heterocycles. The molecule has 2 unspecified atom stereocenters. The second-order valence-corrected chi connectivity index (χ2v) is 8.48. The van der Waals surface area contributed by atoms with Gasteiger partial charge in [-0.3, -0.25) is 4.79 Å². The van der Waals surface area contributed by atoms with Gasteiger partial charge in [0.05, 0.1) is 18.7 Å². The van der Waals surface area contributed by atoms with Gasteiger partial charge in [0.1, 0.15) is 11.6 Å². The summed E-state index contributed by atoms with van der Waals surface area (Å²) in [7, 11) is 0. The van der Waals surface area contributed by atoms with Crippen LogP contribution in [0.15, 0.2) is 71.3 Å². The Balaban J connectivity index is 1.47. The minimum atomic E-state index is -0.383. The standard InChI is InChI=1S/C26H28FN3O3/c1-18-12-20(9-10-24(18)27)21-13-22(25(31)28-15-23-8-5-11-33-23)17-30(16-21)26(32)29-14-19-6-3-2-4-7-19/h2-12,21-22H,13-17H2,1H3,(H,28,31)(H,29,32). The van der Waals surface area contributed by atoms with Crippen molar-refractivity contribution in [3.05, 3.63) is 95.2 Å². The van der Waals surface area contributed by atoms with E-state index in [4.69, 9.17) is 4.42 Å². The summed E-state index contributed by atoms with van der Waals surface area (Å²) in [6.07, 6.45) is 2.14. The van der Waals surface area contributed by atoms with Gasteiger partial charge in [-0.05, 0) is 48.2 Å². The molecule has 0 bridgehead atoms. The molecule has 7 heteroatoms. The van der Waals surface area contributed by atoms with Crippen LogP contribution in [0.4, 0.5) is 9.18 Å². The van der Waals surface area contributed by atoms with Gasteiger partial charge in [0, 0.05) is 25.6 Å². The molecule has 1 saturated heterocycles. The topological polar surface area (TPSA) is 74.6 Å². The minimum Gasteiger partial charge on any atom is -0.467 e. The number of nitrogens with one attached hydrogen (secondary N) is 2. The molecule has 0 spiro atoms. The monoisotopic (exact) mass is 449 g/mol. The average Bonchev–Trinajstić information content (AvgIpc) is 3.37. The van der Waals surface area contributed by atoms with Crippen LogP contribution in [0.25, 0.3) is 0 Å². The Kier molecular flexibility index (Phi) is 7.07. The highest BCUT2D eigenvalue weighted by molar-refractivity contribution is 5.81. The number of rotatable bonds is 6. The smallest absolute Gasteiger partial charge is 0.317 e. The van der Waals surface area contributed by atoms with Gasteiger partial charge in [-0.15, -0.1) is 0 Å². The molecule has 0 aliphatic carbocycles. The van der Waals surface area contributed by atoms with Gasteiger partial charge in [0.2, 0.25) is 5.91 Å². The lowest BCUT2D eigenvalue weighted by Gasteiger charge is -2.37. The van der Waals surface area contributed by atoms with Crippen molar-refractivity contribution in [2.45, 2.75) is 32.4 Å². The molecule has 2 N–H and O–H groups in total. The van der Waals surface area contributed by atoms with E-state index in [0.29, 0.717) is 43.9 Å². The fraction of sp³-hybridized carbons (Fsp3) is 0.308. The summed E-state index contributed by atoms with van der Waals surface area (Å²) in [5.74, 6) is -0.177. The molecule has 0 saturated carbocycles. The summed E-state index contributed by atoms with van der Waals surface area (Å²) in [6.45, 7) is 3.21. The molecule has 2 aromatic carbocycles. The number of hydrogen-bond acceptors (Lipinski definition) is 3. The van der Waals surface area contributed by atoms with Gasteiger partial charge in [-0.25, -0.2) is 9.18 Å². The van der Waals surface area contributed by atoms with Crippen LogP contribution in [0.5, 0.6) is 0 Å². The second-order valence-electron chi connectivity index (χ2n) is 8.48. The van der Waals surface area contributed by atoms with E-state index in [2.05, 4.69) is 10.6 Å². The zero-order valence-corrected chi connectivity index (χ0v) is 18.6. The molecule has 0 radical (unpaired) electrons. The van der Waals surface area contributed by atoms with Crippen molar-refractivity contribution >= 4 is 11.9 Å². The van der Waals surface area contributed by atoms with E-state index in [1.165, 1.54) is 6.07 Å². The van der Waals surface area contributed by atoms with Gasteiger partial charge in [-0.1, -0.05) is 42.5 Å². The Morgan fingerprint density at radius 1 is 1.03 bits per heavy atom. The second kappa shape index (κ2) is 10.3. The molecular weight excluding hydrogens is 421 g/mol. The fourth-order valence-electron chi connectivity index (χ4n) is 4.24. The van der Waals surface area contributed by atoms with Crippen molar-refractivity contribution < 1.29 is 18.4 Å². The van der Waals surface area contributed by atoms with E-state index in [0.717, 1.165) is 11.1 Å². The lowest BCUT2D eigenvalue weighted by Crippen LogP contribution is -2.50. The van der Waals surface area contributed by atoms with E-state index in [1.807, 2.05) is 36.4 Å². The van der Waals surface area contributed by atoms with Gasteiger partial charge >= 0.3 is 6.03 Å². The van der Waals surface area contributed by atoms with Crippen molar-refractivity contribution in [1.82, 2.24) is 15.5 Å². The molecule has 33 heavy (non-hydrogen) atoms. The number of urea groups is 1. The van der Waals surface area contributed by atoms with Crippen molar-refractivity contribution in [2.24, 2.45) is 5.92 Å². The number of amides is 3. The average molecular weight is 450 g/mol. The van der Waals surface area contributed by atoms with Gasteiger partial charge in [-0.2, -0.15) is 0 Å². The largest absolute Gasteiger partial charge is 0.467 e. The number of aryl methyl sites for hydroxylation is 1. The highest BCUT2D eigenvalue weighted by atomic mass is 19.1. The Morgan fingerprint density at radius 2 is 1.85 bits per heavy atom. The quantitative estimate of drug-likeness (QED) is 0.587. The number of benzene rings is 2. The number of furan rings is 1. The fourth-order valence-corrected chi connectivity index (χ4v) is 4.24. The van der Waals surface area contributed by atoms with Crippen LogP contribution in [0.3, 0.4) is 0 Å². The maximum absolute atomic E-state index is 13.8. The molecule has 1 aliphatic rings. The highest BCUT2D eigenvalue weighted by Crippen LogP contribution is 2.31. The first-order chi connectivity index (χ1) is 16.0. The van der Waals surface area contributed by atoms with Crippen molar-refractivity contribution in [3.8, 4) is 0 Å². The maximum atomic E-state index is 13.8. The Bertz CT molecular complexity index is 1090. The number of carbonyl (C=O) groups excluding carboxylic acids is 2. The van der Waals surface area contributed by atoms with Crippen molar-refractivity contribution in [3.63, 3.8) is 0 Å². The number of halogens is 1. The van der Waals surface area contributed by atoms with Crippen molar-refractivity contribution in [1.29, 1.82) is 0 Å². The third kappa shape index (κ3) is 5.80. The number of hydrogen-bond donors (Lipinski definition) is 2. The molecule has 3 amide bonds. The van der Waals surface area contributed by atoms with Gasteiger partial charge in [0.25, 0.3) is 0 Å². The summed E-state index contributed by atoms with van der Waals surface area (Å²) in [4.78, 5) is 27.6. The van der Waals surface area contributed by atoms with E-state index < -0.39 is 0 Å². The zero-order valence-electron chi connectivity index (χ0n) is 18.6. The van der Waals surface area contributed by atoms with Crippen LogP contribution in [0, 0.1) is 18.7 Å². The lowest BCUT2D eigenvalue weighted by atomic mass is 9.83. The van der Waals surface area contributed by atoms with Crippen LogP contribution in [-0.2, 0) is 17.9 Å².